The van der Waals surface area contributed by atoms with E-state index in [0.29, 0.717) is 11.7 Å². The Kier molecular flexibility index (Phi) is 4.42. The molecule has 0 amide bonds. The van der Waals surface area contributed by atoms with Gasteiger partial charge in [0.05, 0.1) is 16.1 Å². The molecule has 1 aliphatic rings. The van der Waals surface area contributed by atoms with E-state index in [-0.39, 0.29) is 0 Å². The Hall–Kier alpha value is -3.32. The molecular formula is C24H22N6S. The maximum atomic E-state index is 6.31. The Labute approximate surface area is 183 Å². The van der Waals surface area contributed by atoms with Crippen LogP contribution in [0.5, 0.6) is 0 Å². The van der Waals surface area contributed by atoms with Crippen molar-refractivity contribution < 1.29 is 0 Å². The summed E-state index contributed by atoms with van der Waals surface area (Å²) >= 11 is 1.70. The van der Waals surface area contributed by atoms with E-state index >= 15 is 0 Å². The molecule has 0 aliphatic heterocycles. The van der Waals surface area contributed by atoms with Gasteiger partial charge in [0.15, 0.2) is 5.82 Å². The second-order valence-corrected chi connectivity index (χ2v) is 9.09. The predicted molar refractivity (Wildman–Crippen MR) is 125 cm³/mol. The van der Waals surface area contributed by atoms with Crippen LogP contribution < -0.4 is 5.73 Å². The van der Waals surface area contributed by atoms with Crippen molar-refractivity contribution in [1.82, 2.24) is 24.6 Å². The molecular weight excluding hydrogens is 404 g/mol. The largest absolute Gasteiger partial charge is 0.382 e. The minimum absolute atomic E-state index is 0.410. The van der Waals surface area contributed by atoms with Crippen molar-refractivity contribution >= 4 is 33.6 Å². The molecule has 1 aliphatic carbocycles. The highest BCUT2D eigenvalue weighted by Crippen LogP contribution is 2.37. The van der Waals surface area contributed by atoms with Crippen LogP contribution in [0.3, 0.4) is 0 Å². The minimum Gasteiger partial charge on any atom is -0.382 e. The molecule has 2 N–H and O–H groups in total. The Bertz CT molecular complexity index is 1380. The Balaban J connectivity index is 1.52. The van der Waals surface area contributed by atoms with Crippen LogP contribution in [0.25, 0.3) is 38.2 Å². The van der Waals surface area contributed by atoms with Crippen LogP contribution in [-0.4, -0.2) is 24.6 Å². The van der Waals surface area contributed by atoms with Crippen LogP contribution in [0.2, 0.25) is 0 Å². The number of imidazole rings is 1. The van der Waals surface area contributed by atoms with Crippen molar-refractivity contribution in [3.8, 4) is 21.8 Å². The normalized spacial score (nSPS) is 15.1. The molecule has 6 nitrogen and oxygen atoms in total. The van der Waals surface area contributed by atoms with Gasteiger partial charge in [-0.2, -0.15) is 5.10 Å². The number of benzene rings is 1. The van der Waals surface area contributed by atoms with Crippen molar-refractivity contribution in [2.24, 2.45) is 0 Å². The molecule has 6 rings (SSSR count). The van der Waals surface area contributed by atoms with E-state index in [1.54, 1.807) is 11.3 Å². The second-order valence-electron chi connectivity index (χ2n) is 8.14. The van der Waals surface area contributed by atoms with Gasteiger partial charge in [0.25, 0.3) is 0 Å². The van der Waals surface area contributed by atoms with Gasteiger partial charge in [-0.3, -0.25) is 0 Å². The molecule has 0 spiro atoms. The zero-order valence-electron chi connectivity index (χ0n) is 17.0. The van der Waals surface area contributed by atoms with Crippen LogP contribution in [0.4, 0.5) is 5.82 Å². The Morgan fingerprint density at radius 3 is 2.71 bits per heavy atom. The van der Waals surface area contributed by atoms with E-state index in [4.69, 9.17) is 15.7 Å². The number of nitrogens with zero attached hydrogens (tertiary/aromatic N) is 5. The van der Waals surface area contributed by atoms with Gasteiger partial charge in [-0.15, -0.1) is 11.3 Å². The fourth-order valence-corrected chi connectivity index (χ4v) is 5.32. The molecule has 5 aromatic rings. The lowest BCUT2D eigenvalue weighted by Gasteiger charge is -2.19. The van der Waals surface area contributed by atoms with Crippen molar-refractivity contribution in [3.05, 3.63) is 60.0 Å². The van der Waals surface area contributed by atoms with Crippen LogP contribution in [0.15, 0.2) is 54.2 Å². The van der Waals surface area contributed by atoms with Gasteiger partial charge in [0.2, 0.25) is 0 Å². The third-order valence-electron chi connectivity index (χ3n) is 6.20. The van der Waals surface area contributed by atoms with Crippen molar-refractivity contribution in [2.45, 2.75) is 38.0 Å². The lowest BCUT2D eigenvalue weighted by atomic mass is 9.89. The maximum absolute atomic E-state index is 6.31. The number of nitrogens with two attached hydrogens (primary N) is 1. The van der Waals surface area contributed by atoms with Crippen molar-refractivity contribution in [1.29, 1.82) is 0 Å². The van der Waals surface area contributed by atoms with Gasteiger partial charge in [0.1, 0.15) is 23.4 Å². The molecule has 1 fully saturated rings. The number of fused-ring (bicyclic) bond motifs is 2. The van der Waals surface area contributed by atoms with Crippen LogP contribution in [0.1, 0.15) is 43.8 Å². The molecule has 4 heterocycles. The summed E-state index contributed by atoms with van der Waals surface area (Å²) in [5.41, 5.74) is 10.9. The van der Waals surface area contributed by atoms with E-state index in [1.165, 1.54) is 25.6 Å². The predicted octanol–water partition coefficient (Wildman–Crippen LogP) is 5.70. The molecule has 0 saturated heterocycles. The lowest BCUT2D eigenvalue weighted by Crippen LogP contribution is -2.10. The minimum atomic E-state index is 0.410. The molecule has 4 aromatic heterocycles. The van der Waals surface area contributed by atoms with Gasteiger partial charge < -0.3 is 5.73 Å². The van der Waals surface area contributed by atoms with Crippen LogP contribution in [0, 0.1) is 0 Å². The number of rotatable bonds is 3. The van der Waals surface area contributed by atoms with Gasteiger partial charge in [-0.05, 0) is 36.4 Å². The van der Waals surface area contributed by atoms with Gasteiger partial charge in [-0.25, -0.2) is 19.5 Å². The first-order valence-corrected chi connectivity index (χ1v) is 11.6. The van der Waals surface area contributed by atoms with E-state index in [1.807, 2.05) is 4.52 Å². The van der Waals surface area contributed by atoms with E-state index < -0.39 is 0 Å². The zero-order chi connectivity index (χ0) is 20.8. The van der Waals surface area contributed by atoms with Crippen LogP contribution >= 0.6 is 11.3 Å². The molecule has 1 aromatic carbocycles. The number of hydrogen-bond donors (Lipinski definition) is 1. The first-order valence-electron chi connectivity index (χ1n) is 10.7. The molecule has 7 heteroatoms. The summed E-state index contributed by atoms with van der Waals surface area (Å²) in [5.74, 6) is 1.87. The average molecular weight is 427 g/mol. The molecule has 0 radical (unpaired) electrons. The molecule has 0 unspecified atom stereocenters. The van der Waals surface area contributed by atoms with Crippen LogP contribution in [-0.2, 0) is 0 Å². The fraction of sp³-hybridized carbons (Fsp3) is 0.250. The van der Waals surface area contributed by atoms with E-state index in [9.17, 15) is 0 Å². The number of anilines is 1. The second kappa shape index (κ2) is 7.42. The van der Waals surface area contributed by atoms with Gasteiger partial charge >= 0.3 is 0 Å². The molecule has 31 heavy (non-hydrogen) atoms. The summed E-state index contributed by atoms with van der Waals surface area (Å²) in [7, 11) is 0. The summed E-state index contributed by atoms with van der Waals surface area (Å²) < 4.78 is 1.91. The highest BCUT2D eigenvalue weighted by atomic mass is 32.1. The van der Waals surface area contributed by atoms with E-state index in [2.05, 4.69) is 57.9 Å². The molecule has 1 saturated carbocycles. The fourth-order valence-electron chi connectivity index (χ4n) is 4.63. The summed E-state index contributed by atoms with van der Waals surface area (Å²) in [6, 6.07) is 14.6. The zero-order valence-corrected chi connectivity index (χ0v) is 17.8. The molecule has 0 atom stereocenters. The third-order valence-corrected chi connectivity index (χ3v) is 7.09. The highest BCUT2D eigenvalue weighted by Gasteiger charge is 2.25. The average Bonchev–Trinajstić information content (AvgIpc) is 3.48. The van der Waals surface area contributed by atoms with E-state index in [0.717, 1.165) is 56.9 Å². The summed E-state index contributed by atoms with van der Waals surface area (Å²) in [6.07, 6.45) is 7.58. The topological polar surface area (TPSA) is 82.0 Å². The number of thiophene rings is 1. The third kappa shape index (κ3) is 3.16. The highest BCUT2D eigenvalue weighted by molar-refractivity contribution is 7.13. The smallest absolute Gasteiger partial charge is 0.153 e. The number of hydrogen-bond acceptors (Lipinski definition) is 6. The Morgan fingerprint density at radius 1 is 1.00 bits per heavy atom. The maximum Gasteiger partial charge on any atom is 0.153 e. The quantitative estimate of drug-likeness (QED) is 0.400. The molecule has 154 valence electrons. The number of aromatic nitrogens is 5. The monoisotopic (exact) mass is 426 g/mol. The first-order chi connectivity index (χ1) is 15.3. The summed E-state index contributed by atoms with van der Waals surface area (Å²) in [6.45, 7) is 0. The van der Waals surface area contributed by atoms with Gasteiger partial charge in [0, 0.05) is 16.9 Å². The number of pyridine rings is 1. The summed E-state index contributed by atoms with van der Waals surface area (Å²) in [4.78, 5) is 15.4. The first kappa shape index (κ1) is 18.4. The van der Waals surface area contributed by atoms with Crippen molar-refractivity contribution in [3.63, 3.8) is 0 Å². The number of nitrogen functional groups attached to an aromatic ring is 1. The summed E-state index contributed by atoms with van der Waals surface area (Å²) in [5, 5.41) is 7.70. The standard InChI is InChI=1S/C24H22N6S/c25-23-22-21(29-24(30(22)27-14-26-23)16-5-2-1-3-6-16)17-9-8-15-10-11-18(28-19(15)13-17)20-7-4-12-31-20/h4,7-14,16H,1-3,5-6H2,(H2,25,26,27). The molecule has 0 bridgehead atoms. The lowest BCUT2D eigenvalue weighted by molar-refractivity contribution is 0.424. The Morgan fingerprint density at radius 2 is 1.87 bits per heavy atom. The van der Waals surface area contributed by atoms with Gasteiger partial charge in [-0.1, -0.05) is 43.5 Å². The van der Waals surface area contributed by atoms with Crippen molar-refractivity contribution in [2.75, 3.05) is 5.73 Å². The SMILES string of the molecule is Nc1ncnn2c(C3CCCCC3)nc(-c3ccc4ccc(-c5cccs5)nc4c3)c12.